The Morgan fingerprint density at radius 2 is 2.16 bits per heavy atom. The molecule has 0 N–H and O–H groups in total. The molecule has 0 radical (unpaired) electrons. The number of nitrogens with zero attached hydrogens (tertiary/aromatic N) is 2. The molecule has 1 saturated heterocycles. The van der Waals surface area contributed by atoms with E-state index >= 15 is 0 Å². The zero-order valence-electron chi connectivity index (χ0n) is 11.2. The number of likely N-dealkylation sites (tertiary alicyclic amines) is 1. The van der Waals surface area contributed by atoms with Crippen molar-refractivity contribution in [3.05, 3.63) is 29.7 Å². The van der Waals surface area contributed by atoms with Crippen molar-refractivity contribution in [1.82, 2.24) is 10.1 Å². The molecule has 0 bridgehead atoms. The molecule has 0 spiro atoms. The van der Waals surface area contributed by atoms with Gasteiger partial charge in [0.25, 0.3) is 0 Å². The Hall–Kier alpha value is -1.42. The first-order valence-electron chi connectivity index (χ1n) is 7.05. The lowest BCUT2D eigenvalue weighted by atomic mass is 9.91. The summed E-state index contributed by atoms with van der Waals surface area (Å²) in [5.41, 5.74) is 1.57. The number of aromatic nitrogens is 1. The molecule has 4 heteroatoms. The van der Waals surface area contributed by atoms with Gasteiger partial charge in [0.2, 0.25) is 0 Å². The largest absolute Gasteiger partial charge is 0.356 e. The molecule has 0 saturated carbocycles. The van der Waals surface area contributed by atoms with Gasteiger partial charge in [0.05, 0.1) is 5.69 Å². The second-order valence-corrected chi connectivity index (χ2v) is 5.32. The molecule has 0 aliphatic carbocycles. The number of hydrogen-bond donors (Lipinski definition) is 0. The Morgan fingerprint density at radius 1 is 1.37 bits per heavy atom. The Balaban J connectivity index is 1.78. The van der Waals surface area contributed by atoms with Crippen LogP contribution in [0.4, 0.5) is 4.39 Å². The minimum Gasteiger partial charge on any atom is -0.356 e. The first kappa shape index (κ1) is 12.6. The van der Waals surface area contributed by atoms with Gasteiger partial charge in [-0.3, -0.25) is 0 Å². The van der Waals surface area contributed by atoms with Gasteiger partial charge in [-0.05, 0) is 51.0 Å². The normalized spacial score (nSPS) is 18.2. The van der Waals surface area contributed by atoms with E-state index in [9.17, 15) is 4.39 Å². The fourth-order valence-corrected chi connectivity index (χ4v) is 2.97. The van der Waals surface area contributed by atoms with E-state index in [1.54, 1.807) is 6.07 Å². The molecule has 1 aliphatic heterocycles. The predicted molar refractivity (Wildman–Crippen MR) is 72.7 cm³/mol. The lowest BCUT2D eigenvalue weighted by Crippen LogP contribution is -2.33. The van der Waals surface area contributed by atoms with Crippen LogP contribution in [0.2, 0.25) is 0 Å². The Morgan fingerprint density at radius 3 is 2.89 bits per heavy atom. The Bertz CT molecular complexity index is 558. The standard InChI is InChI=1S/C15H19FN2O/c1-2-7-18-8-5-11(6-9-18)15-13-4-3-12(16)10-14(13)19-17-15/h3-4,10-11H,2,5-9H2,1H3. The SMILES string of the molecule is CCCN1CCC(c2noc3cc(F)ccc23)CC1. The van der Waals surface area contributed by atoms with E-state index in [0.29, 0.717) is 11.5 Å². The Labute approximate surface area is 112 Å². The minimum absolute atomic E-state index is 0.270. The third-order valence-corrected chi connectivity index (χ3v) is 3.98. The monoisotopic (exact) mass is 262 g/mol. The summed E-state index contributed by atoms with van der Waals surface area (Å²) < 4.78 is 18.4. The molecule has 1 fully saturated rings. The van der Waals surface area contributed by atoms with E-state index in [2.05, 4.69) is 17.0 Å². The van der Waals surface area contributed by atoms with E-state index in [1.807, 2.05) is 0 Å². The van der Waals surface area contributed by atoms with E-state index in [0.717, 1.165) is 37.0 Å². The third-order valence-electron chi connectivity index (χ3n) is 3.98. The van der Waals surface area contributed by atoms with Crippen LogP contribution in [0.5, 0.6) is 0 Å². The topological polar surface area (TPSA) is 29.3 Å². The number of hydrogen-bond acceptors (Lipinski definition) is 3. The maximum Gasteiger partial charge on any atom is 0.170 e. The summed E-state index contributed by atoms with van der Waals surface area (Å²) in [5, 5.41) is 5.14. The van der Waals surface area contributed by atoms with E-state index in [-0.39, 0.29) is 5.82 Å². The van der Waals surface area contributed by atoms with Gasteiger partial charge in [-0.25, -0.2) is 4.39 Å². The third kappa shape index (κ3) is 2.50. The quantitative estimate of drug-likeness (QED) is 0.847. The fourth-order valence-electron chi connectivity index (χ4n) is 2.97. The van der Waals surface area contributed by atoms with Crippen LogP contribution in [-0.4, -0.2) is 29.7 Å². The molecule has 1 aromatic heterocycles. The van der Waals surface area contributed by atoms with Gasteiger partial charge in [0.1, 0.15) is 5.82 Å². The zero-order valence-corrected chi connectivity index (χ0v) is 11.2. The van der Waals surface area contributed by atoms with Gasteiger partial charge in [-0.15, -0.1) is 0 Å². The highest BCUT2D eigenvalue weighted by atomic mass is 19.1. The van der Waals surface area contributed by atoms with Crippen LogP contribution in [0.1, 0.15) is 37.8 Å². The summed E-state index contributed by atoms with van der Waals surface area (Å²) in [6, 6.07) is 4.68. The van der Waals surface area contributed by atoms with E-state index < -0.39 is 0 Å². The van der Waals surface area contributed by atoms with Crippen LogP contribution >= 0.6 is 0 Å². The number of benzene rings is 1. The van der Waals surface area contributed by atoms with Crippen LogP contribution in [0, 0.1) is 5.82 Å². The first-order valence-corrected chi connectivity index (χ1v) is 7.05. The lowest BCUT2D eigenvalue weighted by Gasteiger charge is -2.30. The second-order valence-electron chi connectivity index (χ2n) is 5.32. The highest BCUT2D eigenvalue weighted by Crippen LogP contribution is 2.32. The molecule has 3 rings (SSSR count). The van der Waals surface area contributed by atoms with Gasteiger partial charge < -0.3 is 9.42 Å². The van der Waals surface area contributed by atoms with Gasteiger partial charge in [-0.1, -0.05) is 12.1 Å². The second kappa shape index (κ2) is 5.29. The molecule has 0 unspecified atom stereocenters. The van der Waals surface area contributed by atoms with Gasteiger partial charge in [0, 0.05) is 17.4 Å². The van der Waals surface area contributed by atoms with E-state index in [1.165, 1.54) is 25.1 Å². The number of halogens is 1. The number of rotatable bonds is 3. The summed E-state index contributed by atoms with van der Waals surface area (Å²) in [5.74, 6) is 0.174. The Kier molecular flexibility index (Phi) is 3.51. The van der Waals surface area contributed by atoms with Crippen LogP contribution in [0.25, 0.3) is 11.0 Å². The smallest absolute Gasteiger partial charge is 0.170 e. The summed E-state index contributed by atoms with van der Waals surface area (Å²) >= 11 is 0. The molecule has 1 aromatic carbocycles. The van der Waals surface area contributed by atoms with Gasteiger partial charge in [-0.2, -0.15) is 0 Å². The fraction of sp³-hybridized carbons (Fsp3) is 0.533. The van der Waals surface area contributed by atoms with E-state index in [4.69, 9.17) is 4.52 Å². The van der Waals surface area contributed by atoms with Crippen LogP contribution in [0.15, 0.2) is 22.7 Å². The number of piperidine rings is 1. The maximum atomic E-state index is 13.1. The maximum absolute atomic E-state index is 13.1. The van der Waals surface area contributed by atoms with Crippen LogP contribution in [-0.2, 0) is 0 Å². The van der Waals surface area contributed by atoms with Crippen molar-refractivity contribution < 1.29 is 8.91 Å². The molecule has 2 aromatic rings. The van der Waals surface area contributed by atoms with Crippen molar-refractivity contribution in [1.29, 1.82) is 0 Å². The summed E-state index contributed by atoms with van der Waals surface area (Å²) in [7, 11) is 0. The molecular formula is C15H19FN2O. The summed E-state index contributed by atoms with van der Waals surface area (Å²) in [6.45, 7) is 5.63. The molecule has 1 aliphatic rings. The van der Waals surface area contributed by atoms with Gasteiger partial charge >= 0.3 is 0 Å². The van der Waals surface area contributed by atoms with Crippen molar-refractivity contribution in [3.8, 4) is 0 Å². The molecule has 0 amide bonds. The average molecular weight is 262 g/mol. The molecule has 102 valence electrons. The average Bonchev–Trinajstić information content (AvgIpc) is 2.83. The number of fused-ring (bicyclic) bond motifs is 1. The predicted octanol–water partition coefficient (Wildman–Crippen LogP) is 3.56. The van der Waals surface area contributed by atoms with Crippen molar-refractivity contribution in [2.45, 2.75) is 32.1 Å². The summed E-state index contributed by atoms with van der Waals surface area (Å²) in [6.07, 6.45) is 3.43. The minimum atomic E-state index is -0.270. The van der Waals surface area contributed by atoms with Crippen molar-refractivity contribution in [3.63, 3.8) is 0 Å². The van der Waals surface area contributed by atoms with Crippen LogP contribution in [0.3, 0.4) is 0 Å². The molecule has 2 heterocycles. The molecule has 3 nitrogen and oxygen atoms in total. The molecule has 0 atom stereocenters. The zero-order chi connectivity index (χ0) is 13.2. The highest BCUT2D eigenvalue weighted by molar-refractivity contribution is 5.79. The van der Waals surface area contributed by atoms with Crippen molar-refractivity contribution in [2.75, 3.05) is 19.6 Å². The van der Waals surface area contributed by atoms with Gasteiger partial charge in [0.15, 0.2) is 5.58 Å². The first-order chi connectivity index (χ1) is 9.28. The highest BCUT2D eigenvalue weighted by Gasteiger charge is 2.24. The summed E-state index contributed by atoms with van der Waals surface area (Å²) in [4.78, 5) is 2.50. The molecule has 19 heavy (non-hydrogen) atoms. The van der Waals surface area contributed by atoms with Crippen molar-refractivity contribution in [2.24, 2.45) is 0 Å². The molecular weight excluding hydrogens is 243 g/mol. The van der Waals surface area contributed by atoms with Crippen LogP contribution < -0.4 is 0 Å². The van der Waals surface area contributed by atoms with Crippen molar-refractivity contribution >= 4 is 11.0 Å². The lowest BCUT2D eigenvalue weighted by molar-refractivity contribution is 0.209.